The lowest BCUT2D eigenvalue weighted by Crippen LogP contribution is -2.63. The fourth-order valence-corrected chi connectivity index (χ4v) is 1.01. The molecule has 0 aliphatic carbocycles. The number of hydrogen-bond donors (Lipinski definition) is 2. The first-order valence-electron chi connectivity index (χ1n) is 2.32. The van der Waals surface area contributed by atoms with Crippen molar-refractivity contribution in [2.45, 2.75) is 4.87 Å². The van der Waals surface area contributed by atoms with Crippen LogP contribution >= 0.6 is 11.8 Å². The highest BCUT2D eigenvalue weighted by molar-refractivity contribution is 8.00. The molecule has 1 aliphatic heterocycles. The van der Waals surface area contributed by atoms with Crippen LogP contribution in [-0.4, -0.2) is 24.2 Å². The van der Waals surface area contributed by atoms with E-state index in [1.54, 1.807) is 11.8 Å². The van der Waals surface area contributed by atoms with Crippen LogP contribution in [0, 0.1) is 0 Å². The average Bonchev–Trinajstić information content (AvgIpc) is 1.61. The lowest BCUT2D eigenvalue weighted by atomic mass is 10.2. The molecule has 1 fully saturated rings. The molecule has 1 aliphatic rings. The van der Waals surface area contributed by atoms with E-state index in [0.717, 1.165) is 13.1 Å². The quantitative estimate of drug-likeness (QED) is 0.460. The van der Waals surface area contributed by atoms with E-state index in [2.05, 4.69) is 5.32 Å². The van der Waals surface area contributed by atoms with Gasteiger partial charge in [-0.05, 0) is 6.26 Å². The summed E-state index contributed by atoms with van der Waals surface area (Å²) in [5, 5.41) is 3.11. The molecule has 0 unspecified atom stereocenters. The van der Waals surface area contributed by atoms with E-state index in [1.165, 1.54) is 0 Å². The Morgan fingerprint density at radius 3 is 2.29 bits per heavy atom. The van der Waals surface area contributed by atoms with Gasteiger partial charge in [0.05, 0.1) is 4.87 Å². The predicted octanol–water partition coefficient (Wildman–Crippen LogP) is -0.392. The molecule has 7 heavy (non-hydrogen) atoms. The second-order valence-electron chi connectivity index (χ2n) is 1.87. The van der Waals surface area contributed by atoms with Gasteiger partial charge in [0.2, 0.25) is 0 Å². The zero-order valence-electron chi connectivity index (χ0n) is 4.40. The fourth-order valence-electron chi connectivity index (χ4n) is 0.516. The summed E-state index contributed by atoms with van der Waals surface area (Å²) >= 11 is 1.73. The highest BCUT2D eigenvalue weighted by Crippen LogP contribution is 2.19. The Balaban J connectivity index is 2.29. The minimum atomic E-state index is 0.0694. The molecular weight excluding hydrogens is 108 g/mol. The number of nitrogens with two attached hydrogens (primary N) is 1. The first-order valence-corrected chi connectivity index (χ1v) is 3.54. The van der Waals surface area contributed by atoms with Gasteiger partial charge in [-0.25, -0.2) is 0 Å². The van der Waals surface area contributed by atoms with E-state index in [1.807, 2.05) is 6.26 Å². The maximum Gasteiger partial charge on any atom is 0.0869 e. The molecule has 0 aromatic heterocycles. The van der Waals surface area contributed by atoms with Crippen molar-refractivity contribution in [1.82, 2.24) is 5.32 Å². The van der Waals surface area contributed by atoms with Gasteiger partial charge in [-0.15, -0.1) is 11.8 Å². The summed E-state index contributed by atoms with van der Waals surface area (Å²) in [5.41, 5.74) is 5.70. The molecule has 2 nitrogen and oxygen atoms in total. The topological polar surface area (TPSA) is 38.0 Å². The van der Waals surface area contributed by atoms with Crippen molar-refractivity contribution < 1.29 is 0 Å². The minimum absolute atomic E-state index is 0.0694. The molecule has 0 atom stereocenters. The normalized spacial score (nSPS) is 26.6. The average molecular weight is 118 g/mol. The summed E-state index contributed by atoms with van der Waals surface area (Å²) in [6.07, 6.45) is 2.04. The summed E-state index contributed by atoms with van der Waals surface area (Å²) in [5.74, 6) is 0. The molecule has 0 radical (unpaired) electrons. The van der Waals surface area contributed by atoms with Crippen molar-refractivity contribution in [1.29, 1.82) is 0 Å². The van der Waals surface area contributed by atoms with Gasteiger partial charge in [0, 0.05) is 13.1 Å². The second-order valence-corrected chi connectivity index (χ2v) is 3.09. The third kappa shape index (κ3) is 0.900. The van der Waals surface area contributed by atoms with Gasteiger partial charge >= 0.3 is 0 Å². The van der Waals surface area contributed by atoms with Gasteiger partial charge < -0.3 is 11.1 Å². The standard InChI is InChI=1S/C4H10N2S/c1-7-4(5)2-6-3-4/h6H,2-3,5H2,1H3. The van der Waals surface area contributed by atoms with Gasteiger partial charge in [-0.1, -0.05) is 0 Å². The van der Waals surface area contributed by atoms with Crippen molar-refractivity contribution in [3.8, 4) is 0 Å². The molecule has 3 heteroatoms. The predicted molar refractivity (Wildman–Crippen MR) is 33.3 cm³/mol. The van der Waals surface area contributed by atoms with Crippen LogP contribution in [0.1, 0.15) is 0 Å². The highest BCUT2D eigenvalue weighted by atomic mass is 32.2. The van der Waals surface area contributed by atoms with Crippen LogP contribution in [-0.2, 0) is 0 Å². The minimum Gasteiger partial charge on any atom is -0.315 e. The van der Waals surface area contributed by atoms with Gasteiger partial charge in [0.15, 0.2) is 0 Å². The summed E-state index contributed by atoms with van der Waals surface area (Å²) in [6.45, 7) is 1.93. The van der Waals surface area contributed by atoms with Crippen LogP contribution in [0.25, 0.3) is 0 Å². The third-order valence-corrected chi connectivity index (χ3v) is 2.36. The number of thioether (sulfide) groups is 1. The molecular formula is C4H10N2S. The zero-order valence-corrected chi connectivity index (χ0v) is 5.22. The fraction of sp³-hybridized carbons (Fsp3) is 1.00. The molecule has 0 amide bonds. The van der Waals surface area contributed by atoms with Crippen LogP contribution in [0.2, 0.25) is 0 Å². The van der Waals surface area contributed by atoms with Gasteiger partial charge in [-0.2, -0.15) is 0 Å². The van der Waals surface area contributed by atoms with E-state index < -0.39 is 0 Å². The smallest absolute Gasteiger partial charge is 0.0869 e. The van der Waals surface area contributed by atoms with Crippen LogP contribution in [0.4, 0.5) is 0 Å². The molecule has 0 bridgehead atoms. The summed E-state index contributed by atoms with van der Waals surface area (Å²) in [6, 6.07) is 0. The molecule has 0 saturated carbocycles. The largest absolute Gasteiger partial charge is 0.315 e. The highest BCUT2D eigenvalue weighted by Gasteiger charge is 2.30. The van der Waals surface area contributed by atoms with Crippen molar-refractivity contribution in [3.05, 3.63) is 0 Å². The summed E-state index contributed by atoms with van der Waals surface area (Å²) in [4.78, 5) is 0.0694. The molecule has 3 N–H and O–H groups in total. The van der Waals surface area contributed by atoms with Crippen molar-refractivity contribution >= 4 is 11.8 Å². The van der Waals surface area contributed by atoms with Crippen molar-refractivity contribution in [2.24, 2.45) is 5.73 Å². The Morgan fingerprint density at radius 2 is 2.29 bits per heavy atom. The molecule has 0 aromatic rings. The van der Waals surface area contributed by atoms with Gasteiger partial charge in [0.25, 0.3) is 0 Å². The molecule has 0 aromatic carbocycles. The molecule has 1 heterocycles. The monoisotopic (exact) mass is 118 g/mol. The Labute approximate surface area is 47.8 Å². The molecule has 42 valence electrons. The van der Waals surface area contributed by atoms with Crippen LogP contribution in [0.15, 0.2) is 0 Å². The number of hydrogen-bond acceptors (Lipinski definition) is 3. The van der Waals surface area contributed by atoms with Crippen LogP contribution in [0.3, 0.4) is 0 Å². The van der Waals surface area contributed by atoms with E-state index in [-0.39, 0.29) is 4.87 Å². The third-order valence-electron chi connectivity index (χ3n) is 1.25. The van der Waals surface area contributed by atoms with E-state index >= 15 is 0 Å². The molecule has 0 spiro atoms. The SMILES string of the molecule is CSC1(N)CNC1. The van der Waals surface area contributed by atoms with E-state index in [0.29, 0.717) is 0 Å². The Hall–Kier alpha value is 0.270. The zero-order chi connectivity index (χ0) is 5.33. The Kier molecular flexibility index (Phi) is 1.28. The first-order chi connectivity index (χ1) is 3.27. The summed E-state index contributed by atoms with van der Waals surface area (Å²) < 4.78 is 0. The Bertz CT molecular complexity index is 64.6. The lowest BCUT2D eigenvalue weighted by Gasteiger charge is -2.37. The van der Waals surface area contributed by atoms with Crippen LogP contribution in [0.5, 0.6) is 0 Å². The van der Waals surface area contributed by atoms with Crippen molar-refractivity contribution in [2.75, 3.05) is 19.3 Å². The lowest BCUT2D eigenvalue weighted by molar-refractivity contribution is 0.405. The molecule has 1 saturated heterocycles. The first kappa shape index (κ1) is 5.41. The van der Waals surface area contributed by atoms with E-state index in [4.69, 9.17) is 5.73 Å². The number of nitrogens with one attached hydrogen (secondary N) is 1. The van der Waals surface area contributed by atoms with Gasteiger partial charge in [-0.3, -0.25) is 0 Å². The van der Waals surface area contributed by atoms with E-state index in [9.17, 15) is 0 Å². The Morgan fingerprint density at radius 1 is 1.71 bits per heavy atom. The maximum absolute atomic E-state index is 5.70. The molecule has 1 rings (SSSR count). The maximum atomic E-state index is 5.70. The summed E-state index contributed by atoms with van der Waals surface area (Å²) in [7, 11) is 0. The second kappa shape index (κ2) is 1.65. The van der Waals surface area contributed by atoms with Crippen LogP contribution < -0.4 is 11.1 Å². The van der Waals surface area contributed by atoms with Crippen molar-refractivity contribution in [3.63, 3.8) is 0 Å². The number of rotatable bonds is 1. The van der Waals surface area contributed by atoms with Gasteiger partial charge in [0.1, 0.15) is 0 Å².